The van der Waals surface area contributed by atoms with E-state index in [4.69, 9.17) is 15.9 Å². The third-order valence-electron chi connectivity index (χ3n) is 4.20. The van der Waals surface area contributed by atoms with Crippen LogP contribution >= 0.6 is 12.4 Å². The van der Waals surface area contributed by atoms with Gasteiger partial charge in [-0.15, -0.1) is 12.4 Å². The maximum Gasteiger partial charge on any atom is 0.254 e. The molecule has 3 rings (SSSR count). The van der Waals surface area contributed by atoms with Crippen LogP contribution in [-0.4, -0.2) is 28.4 Å². The van der Waals surface area contributed by atoms with E-state index in [1.54, 1.807) is 24.7 Å². The minimum absolute atomic E-state index is 0. The molecule has 0 radical (unpaired) electrons. The predicted octanol–water partition coefficient (Wildman–Crippen LogP) is 2.58. The summed E-state index contributed by atoms with van der Waals surface area (Å²) in [4.78, 5) is 16.6. The van der Waals surface area contributed by atoms with Gasteiger partial charge in [-0.05, 0) is 23.3 Å². The first-order valence-corrected chi connectivity index (χ1v) is 8.40. The molecule has 0 aliphatic heterocycles. The van der Waals surface area contributed by atoms with Crippen LogP contribution in [0.4, 0.5) is 0 Å². The number of nitrogens with one attached hydrogen (secondary N) is 2. The molecule has 1 atom stereocenters. The number of nitrogens with two attached hydrogens (primary N) is 1. The quantitative estimate of drug-likeness (QED) is 0.419. The topological polar surface area (TPSA) is 106 Å². The van der Waals surface area contributed by atoms with Crippen LogP contribution in [0.25, 0.3) is 5.69 Å². The molecule has 0 unspecified atom stereocenters. The van der Waals surface area contributed by atoms with Crippen molar-refractivity contribution < 1.29 is 9.53 Å². The largest absolute Gasteiger partial charge is 0.384 e. The minimum Gasteiger partial charge on any atom is -0.384 e. The van der Waals surface area contributed by atoms with E-state index in [2.05, 4.69) is 10.3 Å². The summed E-state index contributed by atoms with van der Waals surface area (Å²) in [5.41, 5.74) is 8.73. The van der Waals surface area contributed by atoms with Crippen LogP contribution in [0, 0.1) is 5.41 Å². The zero-order valence-corrected chi connectivity index (χ0v) is 16.1. The summed E-state index contributed by atoms with van der Waals surface area (Å²) in [6, 6.07) is 14.7. The van der Waals surface area contributed by atoms with Gasteiger partial charge >= 0.3 is 0 Å². The Morgan fingerprint density at radius 3 is 2.43 bits per heavy atom. The van der Waals surface area contributed by atoms with E-state index in [-0.39, 0.29) is 24.1 Å². The molecule has 0 fully saturated rings. The van der Waals surface area contributed by atoms with Crippen LogP contribution in [0.5, 0.6) is 0 Å². The first-order valence-electron chi connectivity index (χ1n) is 8.40. The number of nitrogen functional groups attached to an aromatic ring is 1. The van der Waals surface area contributed by atoms with Gasteiger partial charge in [0.15, 0.2) is 6.10 Å². The fourth-order valence-electron chi connectivity index (χ4n) is 2.71. The number of methoxy groups -OCH3 is 1. The molecule has 146 valence electrons. The molecule has 0 aliphatic rings. The molecule has 0 bridgehead atoms. The van der Waals surface area contributed by atoms with E-state index in [9.17, 15) is 4.79 Å². The number of hydrogen-bond donors (Lipinski definition) is 3. The van der Waals surface area contributed by atoms with E-state index in [1.165, 1.54) is 7.11 Å². The molecule has 1 heterocycles. The van der Waals surface area contributed by atoms with E-state index in [1.807, 2.05) is 47.2 Å². The molecule has 1 aromatic heterocycles. The van der Waals surface area contributed by atoms with Crippen LogP contribution in [-0.2, 0) is 16.1 Å². The summed E-state index contributed by atoms with van der Waals surface area (Å²) in [5.74, 6) is -0.201. The highest BCUT2D eigenvalue weighted by Crippen LogP contribution is 2.19. The van der Waals surface area contributed by atoms with Crippen molar-refractivity contribution in [2.75, 3.05) is 7.11 Å². The molecule has 1 amide bonds. The summed E-state index contributed by atoms with van der Waals surface area (Å²) >= 11 is 0. The van der Waals surface area contributed by atoms with Gasteiger partial charge in [0.25, 0.3) is 5.91 Å². The van der Waals surface area contributed by atoms with Crippen LogP contribution in [0.1, 0.15) is 22.8 Å². The number of amidine groups is 1. The highest BCUT2D eigenvalue weighted by molar-refractivity contribution is 5.94. The zero-order valence-electron chi connectivity index (χ0n) is 15.3. The Kier molecular flexibility index (Phi) is 7.31. The molecule has 7 nitrogen and oxygen atoms in total. The molecule has 4 N–H and O–H groups in total. The number of hydrogen-bond acceptors (Lipinski definition) is 4. The molecule has 8 heteroatoms. The number of nitrogens with zero attached hydrogens (tertiary/aromatic N) is 2. The second-order valence-electron chi connectivity index (χ2n) is 6.01. The Hall–Kier alpha value is -3.16. The highest BCUT2D eigenvalue weighted by atomic mass is 35.5. The summed E-state index contributed by atoms with van der Waals surface area (Å²) in [7, 11) is 1.51. The van der Waals surface area contributed by atoms with Crippen molar-refractivity contribution in [3.05, 3.63) is 83.9 Å². The van der Waals surface area contributed by atoms with Crippen LogP contribution in [0.3, 0.4) is 0 Å². The van der Waals surface area contributed by atoms with Crippen molar-refractivity contribution in [2.45, 2.75) is 12.6 Å². The fourth-order valence-corrected chi connectivity index (χ4v) is 2.71. The number of carbonyl (C=O) groups is 1. The number of halogens is 1. The van der Waals surface area contributed by atoms with E-state index < -0.39 is 6.10 Å². The van der Waals surface area contributed by atoms with Crippen molar-refractivity contribution in [2.24, 2.45) is 5.73 Å². The Morgan fingerprint density at radius 1 is 1.21 bits per heavy atom. The molecule has 0 spiro atoms. The van der Waals surface area contributed by atoms with Gasteiger partial charge < -0.3 is 20.4 Å². The molecule has 28 heavy (non-hydrogen) atoms. The number of aromatic nitrogens is 2. The molecule has 0 aliphatic carbocycles. The number of carbonyl (C=O) groups excluding carboxylic acids is 1. The molecule has 2 aromatic carbocycles. The Labute approximate surface area is 169 Å². The van der Waals surface area contributed by atoms with Gasteiger partial charge in [-0.1, -0.05) is 36.4 Å². The van der Waals surface area contributed by atoms with Crippen molar-refractivity contribution in [3.63, 3.8) is 0 Å². The number of ether oxygens (including phenoxy) is 1. The van der Waals surface area contributed by atoms with Gasteiger partial charge in [-0.25, -0.2) is 4.98 Å². The third kappa shape index (κ3) is 4.97. The van der Waals surface area contributed by atoms with Gasteiger partial charge in [0.2, 0.25) is 0 Å². The molecule has 0 saturated heterocycles. The fraction of sp³-hybridized carbons (Fsp3) is 0.150. The Balaban J connectivity index is 0.00000280. The highest BCUT2D eigenvalue weighted by Gasteiger charge is 2.19. The summed E-state index contributed by atoms with van der Waals surface area (Å²) in [6.07, 6.45) is 4.58. The summed E-state index contributed by atoms with van der Waals surface area (Å²) in [6.45, 7) is 0.365. The lowest BCUT2D eigenvalue weighted by molar-refractivity contribution is -0.131. The maximum absolute atomic E-state index is 12.5. The monoisotopic (exact) mass is 399 g/mol. The van der Waals surface area contributed by atoms with Gasteiger partial charge in [0, 0.05) is 37.3 Å². The molecular formula is C20H22ClN5O2. The van der Waals surface area contributed by atoms with Crippen molar-refractivity contribution in [1.29, 1.82) is 5.41 Å². The Bertz CT molecular complexity index is 909. The second kappa shape index (κ2) is 9.68. The van der Waals surface area contributed by atoms with Gasteiger partial charge in [-0.3, -0.25) is 10.2 Å². The van der Waals surface area contributed by atoms with E-state index in [0.29, 0.717) is 12.1 Å². The number of rotatable bonds is 7. The van der Waals surface area contributed by atoms with Gasteiger partial charge in [0.05, 0.1) is 6.33 Å². The van der Waals surface area contributed by atoms with Crippen molar-refractivity contribution >= 4 is 24.1 Å². The summed E-state index contributed by atoms with van der Waals surface area (Å²) < 4.78 is 7.28. The maximum atomic E-state index is 12.5. The predicted molar refractivity (Wildman–Crippen MR) is 110 cm³/mol. The standard InChI is InChI=1S/C20H21N5O2.ClH/c1-27-18(15-6-8-17(9-7-15)25-11-10-23-13-25)20(26)24-12-14-2-4-16(5-3-14)19(21)22;/h2-11,13,18H,12H2,1H3,(H3,21,22)(H,24,26);1H/t18-;/m0./s1. The van der Waals surface area contributed by atoms with E-state index >= 15 is 0 Å². The Morgan fingerprint density at radius 2 is 1.89 bits per heavy atom. The second-order valence-corrected chi connectivity index (χ2v) is 6.01. The summed E-state index contributed by atoms with van der Waals surface area (Å²) in [5, 5.41) is 10.3. The lowest BCUT2D eigenvalue weighted by atomic mass is 10.1. The van der Waals surface area contributed by atoms with Crippen molar-refractivity contribution in [1.82, 2.24) is 14.9 Å². The van der Waals surface area contributed by atoms with Crippen molar-refractivity contribution in [3.8, 4) is 5.69 Å². The number of benzene rings is 2. The zero-order chi connectivity index (χ0) is 19.2. The molecular weight excluding hydrogens is 378 g/mol. The van der Waals surface area contributed by atoms with Crippen LogP contribution in [0.15, 0.2) is 67.3 Å². The van der Waals surface area contributed by atoms with Crippen LogP contribution in [0.2, 0.25) is 0 Å². The average molecular weight is 400 g/mol. The lowest BCUT2D eigenvalue weighted by Gasteiger charge is -2.16. The van der Waals surface area contributed by atoms with E-state index in [0.717, 1.165) is 16.8 Å². The normalized spacial score (nSPS) is 11.3. The molecule has 3 aromatic rings. The van der Waals surface area contributed by atoms with Gasteiger partial charge in [0.1, 0.15) is 5.84 Å². The number of amides is 1. The first-order chi connectivity index (χ1) is 13.1. The van der Waals surface area contributed by atoms with Crippen LogP contribution < -0.4 is 11.1 Å². The SMILES string of the molecule is CO[C@H](C(=O)NCc1ccc(C(=N)N)cc1)c1ccc(-n2ccnc2)cc1.Cl. The third-order valence-corrected chi connectivity index (χ3v) is 4.20. The smallest absolute Gasteiger partial charge is 0.254 e. The minimum atomic E-state index is -0.696. The van der Waals surface area contributed by atoms with Gasteiger partial charge in [-0.2, -0.15) is 0 Å². The first kappa shape index (κ1) is 21.1. The molecule has 0 saturated carbocycles. The average Bonchev–Trinajstić information content (AvgIpc) is 3.22. The lowest BCUT2D eigenvalue weighted by Crippen LogP contribution is -2.30. The number of imidazole rings is 1.